The molecule has 0 unspecified atom stereocenters. The topological polar surface area (TPSA) is 66.4 Å². The average molecular weight is 426 g/mol. The van der Waals surface area contributed by atoms with Crippen LogP contribution in [0.5, 0.6) is 0 Å². The molecule has 0 aliphatic rings. The smallest absolute Gasteiger partial charge is 0.339 e. The maximum Gasteiger partial charge on any atom is 0.339 e. The van der Waals surface area contributed by atoms with Crippen molar-refractivity contribution in [1.29, 1.82) is 0 Å². The van der Waals surface area contributed by atoms with Gasteiger partial charge in [0.2, 0.25) is 0 Å². The molecule has 26 heavy (non-hydrogen) atoms. The Morgan fingerprint density at radius 1 is 1.19 bits per heavy atom. The van der Waals surface area contributed by atoms with Crippen LogP contribution in [-0.2, 0) is 6.42 Å². The fourth-order valence-electron chi connectivity index (χ4n) is 2.44. The van der Waals surface area contributed by atoms with Gasteiger partial charge >= 0.3 is 5.97 Å². The molecule has 3 rings (SSSR count). The predicted molar refractivity (Wildman–Crippen MR) is 108 cm³/mol. The highest BCUT2D eigenvalue weighted by molar-refractivity contribution is 7.20. The molecule has 134 valence electrons. The summed E-state index contributed by atoms with van der Waals surface area (Å²) in [7, 11) is 0. The van der Waals surface area contributed by atoms with Gasteiger partial charge in [-0.1, -0.05) is 53.0 Å². The van der Waals surface area contributed by atoms with Crippen LogP contribution in [0.1, 0.15) is 37.4 Å². The van der Waals surface area contributed by atoms with E-state index in [0.29, 0.717) is 16.3 Å². The van der Waals surface area contributed by atoms with Crippen molar-refractivity contribution in [1.82, 2.24) is 0 Å². The van der Waals surface area contributed by atoms with Crippen LogP contribution in [-0.4, -0.2) is 17.0 Å². The Bertz CT molecular complexity index is 977. The second kappa shape index (κ2) is 7.80. The van der Waals surface area contributed by atoms with Crippen molar-refractivity contribution in [2.24, 2.45) is 0 Å². The van der Waals surface area contributed by atoms with Crippen LogP contribution < -0.4 is 5.32 Å². The van der Waals surface area contributed by atoms with Crippen molar-refractivity contribution < 1.29 is 14.7 Å². The van der Waals surface area contributed by atoms with Gasteiger partial charge in [0.1, 0.15) is 9.34 Å². The molecule has 2 N–H and O–H groups in total. The second-order valence-corrected chi connectivity index (χ2v) is 8.79. The number of carbonyl (C=O) groups excluding carboxylic acids is 1. The highest BCUT2D eigenvalue weighted by Gasteiger charge is 2.22. The molecular weight excluding hydrogens is 413 g/mol. The first-order valence-corrected chi connectivity index (χ1v) is 9.95. The molecule has 4 nitrogen and oxygen atoms in total. The first kappa shape index (κ1) is 18.9. The maximum atomic E-state index is 12.4. The SMILES string of the molecule is Cc1ccc(Cc2csc(NC(=O)c3cc(Cl)sc3Cl)c2C(=O)O)cc1. The monoisotopic (exact) mass is 425 g/mol. The van der Waals surface area contributed by atoms with Gasteiger partial charge in [-0.3, -0.25) is 4.79 Å². The van der Waals surface area contributed by atoms with E-state index in [1.165, 1.54) is 17.4 Å². The molecule has 0 saturated heterocycles. The lowest BCUT2D eigenvalue weighted by Gasteiger charge is -2.06. The third-order valence-corrected chi connectivity index (χ3v) is 6.16. The number of carboxylic acid groups (broad SMARTS) is 1. The first-order valence-electron chi connectivity index (χ1n) is 7.50. The number of aryl methyl sites for hydroxylation is 1. The van der Waals surface area contributed by atoms with E-state index in [1.54, 1.807) is 5.38 Å². The summed E-state index contributed by atoms with van der Waals surface area (Å²) in [5.74, 6) is -1.57. The Balaban J connectivity index is 1.87. The third kappa shape index (κ3) is 4.10. The van der Waals surface area contributed by atoms with Crippen LogP contribution in [0.3, 0.4) is 0 Å². The number of thiophene rings is 2. The van der Waals surface area contributed by atoms with E-state index in [4.69, 9.17) is 23.2 Å². The minimum atomic E-state index is -1.09. The van der Waals surface area contributed by atoms with Gasteiger partial charge in [-0.2, -0.15) is 0 Å². The fourth-order valence-corrected chi connectivity index (χ4v) is 4.85. The summed E-state index contributed by atoms with van der Waals surface area (Å²) in [6, 6.07) is 9.35. The molecule has 0 aliphatic carbocycles. The number of anilines is 1. The number of aromatic carboxylic acids is 1. The van der Waals surface area contributed by atoms with Crippen LogP contribution in [0.2, 0.25) is 8.67 Å². The summed E-state index contributed by atoms with van der Waals surface area (Å²) < 4.78 is 0.658. The number of nitrogens with one attached hydrogen (secondary N) is 1. The lowest BCUT2D eigenvalue weighted by molar-refractivity contribution is 0.0697. The van der Waals surface area contributed by atoms with Crippen molar-refractivity contribution in [2.75, 3.05) is 5.32 Å². The van der Waals surface area contributed by atoms with Crippen LogP contribution >= 0.6 is 45.9 Å². The number of halogens is 2. The summed E-state index contributed by atoms with van der Waals surface area (Å²) in [5, 5.41) is 14.3. The Hall–Kier alpha value is -1.86. The van der Waals surface area contributed by atoms with Crippen LogP contribution in [0.15, 0.2) is 35.7 Å². The van der Waals surface area contributed by atoms with E-state index in [0.717, 1.165) is 22.5 Å². The van der Waals surface area contributed by atoms with Gasteiger partial charge in [-0.25, -0.2) is 4.79 Å². The van der Waals surface area contributed by atoms with E-state index in [9.17, 15) is 14.7 Å². The molecule has 0 saturated carbocycles. The Morgan fingerprint density at radius 3 is 2.46 bits per heavy atom. The highest BCUT2D eigenvalue weighted by atomic mass is 35.5. The average Bonchev–Trinajstić information content (AvgIpc) is 3.12. The van der Waals surface area contributed by atoms with E-state index in [2.05, 4.69) is 5.32 Å². The number of carboxylic acids is 1. The molecule has 2 heterocycles. The van der Waals surface area contributed by atoms with Crippen molar-refractivity contribution >= 4 is 62.8 Å². The molecule has 1 amide bonds. The summed E-state index contributed by atoms with van der Waals surface area (Å²) in [6.45, 7) is 1.99. The highest BCUT2D eigenvalue weighted by Crippen LogP contribution is 2.34. The van der Waals surface area contributed by atoms with Crippen LogP contribution in [0.4, 0.5) is 5.00 Å². The molecule has 2 aromatic heterocycles. The fraction of sp³-hybridized carbons (Fsp3) is 0.111. The molecule has 0 aliphatic heterocycles. The third-order valence-electron chi connectivity index (χ3n) is 3.72. The van der Waals surface area contributed by atoms with Gasteiger partial charge in [-0.15, -0.1) is 22.7 Å². The Morgan fingerprint density at radius 2 is 1.88 bits per heavy atom. The molecule has 1 aromatic carbocycles. The molecule has 0 spiro atoms. The van der Waals surface area contributed by atoms with Gasteiger partial charge in [0, 0.05) is 0 Å². The summed E-state index contributed by atoms with van der Waals surface area (Å²) in [6.07, 6.45) is 0.472. The molecule has 8 heteroatoms. The minimum absolute atomic E-state index is 0.0985. The number of rotatable bonds is 5. The standard InChI is InChI=1S/C18H13Cl2NO3S2/c1-9-2-4-10(5-3-9)6-11-8-25-17(14(11)18(23)24)21-16(22)12-7-13(19)26-15(12)20/h2-5,7-8H,6H2,1H3,(H,21,22)(H,23,24). The number of benzene rings is 1. The predicted octanol–water partition coefficient (Wildman–Crippen LogP) is 5.97. The van der Waals surface area contributed by atoms with Crippen LogP contribution in [0, 0.1) is 6.92 Å². The van der Waals surface area contributed by atoms with Gasteiger partial charge in [-0.05, 0) is 35.9 Å². The second-order valence-electron chi connectivity index (χ2n) is 5.62. The molecule has 0 radical (unpaired) electrons. The van der Waals surface area contributed by atoms with Crippen molar-refractivity contribution in [2.45, 2.75) is 13.3 Å². The number of carbonyl (C=O) groups is 2. The summed E-state index contributed by atoms with van der Waals surface area (Å²) in [5.41, 5.74) is 3.11. The van der Waals surface area contributed by atoms with Crippen molar-refractivity contribution in [3.8, 4) is 0 Å². The van der Waals surface area contributed by atoms with Gasteiger partial charge in [0.05, 0.1) is 15.5 Å². The molecular formula is C18H13Cl2NO3S2. The van der Waals surface area contributed by atoms with Crippen molar-refractivity contribution in [3.63, 3.8) is 0 Å². The molecule has 0 fully saturated rings. The lowest BCUT2D eigenvalue weighted by Crippen LogP contribution is -2.13. The lowest BCUT2D eigenvalue weighted by atomic mass is 10.0. The maximum absolute atomic E-state index is 12.4. The zero-order valence-corrected chi connectivity index (χ0v) is 16.7. The number of amides is 1. The Labute approximate surface area is 168 Å². The normalized spacial score (nSPS) is 10.7. The molecule has 3 aromatic rings. The van der Waals surface area contributed by atoms with Gasteiger partial charge in [0.15, 0.2) is 0 Å². The van der Waals surface area contributed by atoms with Crippen molar-refractivity contribution in [3.05, 3.63) is 72.2 Å². The zero-order chi connectivity index (χ0) is 18.8. The zero-order valence-electron chi connectivity index (χ0n) is 13.5. The van der Waals surface area contributed by atoms with Gasteiger partial charge in [0.25, 0.3) is 5.91 Å². The van der Waals surface area contributed by atoms with E-state index < -0.39 is 11.9 Å². The number of hydrogen-bond acceptors (Lipinski definition) is 4. The quantitative estimate of drug-likeness (QED) is 0.529. The van der Waals surface area contributed by atoms with E-state index in [1.807, 2.05) is 31.2 Å². The van der Waals surface area contributed by atoms with E-state index >= 15 is 0 Å². The number of hydrogen-bond donors (Lipinski definition) is 2. The molecule has 0 atom stereocenters. The van der Waals surface area contributed by atoms with Crippen LogP contribution in [0.25, 0.3) is 0 Å². The van der Waals surface area contributed by atoms with Gasteiger partial charge < -0.3 is 10.4 Å². The molecule has 0 bridgehead atoms. The largest absolute Gasteiger partial charge is 0.478 e. The minimum Gasteiger partial charge on any atom is -0.478 e. The summed E-state index contributed by atoms with van der Waals surface area (Å²) >= 11 is 14.1. The first-order chi connectivity index (χ1) is 12.3. The summed E-state index contributed by atoms with van der Waals surface area (Å²) in [4.78, 5) is 24.1. The van der Waals surface area contributed by atoms with E-state index in [-0.39, 0.29) is 20.5 Å². The Kier molecular flexibility index (Phi) is 5.67.